The van der Waals surface area contributed by atoms with Gasteiger partial charge >= 0.3 is 5.69 Å². The van der Waals surface area contributed by atoms with Crippen LogP contribution in [-0.4, -0.2) is 46.0 Å². The van der Waals surface area contributed by atoms with Gasteiger partial charge in [0.15, 0.2) is 5.65 Å². The molecular weight excluding hydrogens is 290 g/mol. The van der Waals surface area contributed by atoms with E-state index in [4.69, 9.17) is 11.6 Å². The largest absolute Gasteiger partial charge is 0.340 e. The first kappa shape index (κ1) is 14.3. The summed E-state index contributed by atoms with van der Waals surface area (Å²) in [5, 5.41) is 0.366. The lowest BCUT2D eigenvalue weighted by molar-refractivity contribution is 0.180. The van der Waals surface area contributed by atoms with Gasteiger partial charge < -0.3 is 14.6 Å². The van der Waals surface area contributed by atoms with Crippen LogP contribution in [0, 0.1) is 0 Å². The van der Waals surface area contributed by atoms with Gasteiger partial charge in [0.2, 0.25) is 0 Å². The van der Waals surface area contributed by atoms with E-state index in [1.165, 1.54) is 0 Å². The molecule has 8 heteroatoms. The second-order valence-electron chi connectivity index (χ2n) is 5.59. The molecule has 109 valence electrons. The van der Waals surface area contributed by atoms with Gasteiger partial charge in [0.05, 0.1) is 17.2 Å². The molecule has 3 heterocycles. The number of fused-ring (bicyclic) bond motifs is 1. The molecule has 1 aliphatic heterocycles. The fraction of sp³-hybridized carbons (Fsp3) is 0.462. The third-order valence-corrected chi connectivity index (χ3v) is 4.39. The summed E-state index contributed by atoms with van der Waals surface area (Å²) < 4.78 is 1.70. The number of hydrogen-bond acceptors (Lipinski definition) is 4. The van der Waals surface area contributed by atoms with Crippen LogP contribution in [0.25, 0.3) is 11.2 Å². The maximum atomic E-state index is 12.3. The number of rotatable bonds is 3. The Morgan fingerprint density at radius 3 is 2.81 bits per heavy atom. The quantitative estimate of drug-likeness (QED) is 0.522. The second kappa shape index (κ2) is 5.31. The summed E-state index contributed by atoms with van der Waals surface area (Å²) in [5.74, 6) is 0. The van der Waals surface area contributed by atoms with E-state index < -0.39 is 0 Å². The van der Waals surface area contributed by atoms with Crippen molar-refractivity contribution < 1.29 is 4.79 Å². The molecule has 0 atom stereocenters. The molecule has 3 rings (SSSR count). The molecule has 1 fully saturated rings. The maximum Gasteiger partial charge on any atom is 0.328 e. The molecule has 0 unspecified atom stereocenters. The van der Waals surface area contributed by atoms with Crippen LogP contribution < -0.4 is 5.69 Å². The number of aromatic nitrogens is 3. The highest BCUT2D eigenvalue weighted by atomic mass is 35.5. The number of nitrogens with one attached hydrogen (secondary N) is 1. The normalized spacial score (nSPS) is 18.8. The van der Waals surface area contributed by atoms with E-state index in [0.717, 1.165) is 32.1 Å². The summed E-state index contributed by atoms with van der Waals surface area (Å²) in [6.07, 6.45) is 2.32. The minimum absolute atomic E-state index is 0.171. The molecule has 2 aromatic rings. The van der Waals surface area contributed by atoms with Crippen LogP contribution in [0.1, 0.15) is 19.8 Å². The monoisotopic (exact) mass is 305 g/mol. The number of halogens is 1. The van der Waals surface area contributed by atoms with E-state index in [1.54, 1.807) is 24.1 Å². The van der Waals surface area contributed by atoms with Gasteiger partial charge in [-0.3, -0.25) is 4.57 Å². The van der Waals surface area contributed by atoms with E-state index in [2.05, 4.69) is 9.97 Å². The molecule has 0 saturated carbocycles. The summed E-state index contributed by atoms with van der Waals surface area (Å²) in [5.41, 5.74) is 0.769. The third-order valence-electron chi connectivity index (χ3n) is 4.18. The number of H-pyrrole nitrogens is 1. The zero-order valence-corrected chi connectivity index (χ0v) is 12.4. The predicted octanol–water partition coefficient (Wildman–Crippen LogP) is 0.998. The Labute approximate surface area is 127 Å². The van der Waals surface area contributed by atoms with Gasteiger partial charge in [0.1, 0.15) is 5.15 Å². The fourth-order valence-electron chi connectivity index (χ4n) is 2.93. The van der Waals surface area contributed by atoms with Crippen molar-refractivity contribution >= 4 is 36.4 Å². The predicted molar refractivity (Wildman–Crippen MR) is 82.3 cm³/mol. The summed E-state index contributed by atoms with van der Waals surface area (Å²) >= 11 is 5.96. The van der Waals surface area contributed by atoms with Crippen molar-refractivity contribution in [2.75, 3.05) is 13.1 Å². The number of piperidine rings is 1. The first-order valence-corrected chi connectivity index (χ1v) is 7.22. The second-order valence-corrected chi connectivity index (χ2v) is 5.98. The Morgan fingerprint density at radius 2 is 2.14 bits per heavy atom. The van der Waals surface area contributed by atoms with Gasteiger partial charge in [-0.05, 0) is 45.0 Å². The van der Waals surface area contributed by atoms with Gasteiger partial charge in [0.25, 0.3) is 7.41 Å². The van der Waals surface area contributed by atoms with E-state index in [-0.39, 0.29) is 11.2 Å². The smallest absolute Gasteiger partial charge is 0.328 e. The Balaban J connectivity index is 2.00. The summed E-state index contributed by atoms with van der Waals surface area (Å²) in [4.78, 5) is 31.9. The van der Waals surface area contributed by atoms with Crippen LogP contribution in [0.15, 0.2) is 16.9 Å². The van der Waals surface area contributed by atoms with Gasteiger partial charge in [-0.2, -0.15) is 0 Å². The summed E-state index contributed by atoms with van der Waals surface area (Å²) in [6.45, 7) is 3.51. The number of hydrogen-bond donors (Lipinski definition) is 1. The molecule has 1 aliphatic rings. The number of nitrogens with zero attached hydrogens (tertiary/aromatic N) is 3. The van der Waals surface area contributed by atoms with Crippen molar-refractivity contribution in [1.82, 2.24) is 19.3 Å². The van der Waals surface area contributed by atoms with Crippen molar-refractivity contribution in [3.63, 3.8) is 0 Å². The summed E-state index contributed by atoms with van der Waals surface area (Å²) in [7, 11) is 1.55. The van der Waals surface area contributed by atoms with E-state index in [0.29, 0.717) is 16.3 Å². The highest BCUT2D eigenvalue weighted by Crippen LogP contribution is 2.30. The van der Waals surface area contributed by atoms with Crippen LogP contribution in [0.5, 0.6) is 0 Å². The molecule has 0 bridgehead atoms. The Hall–Kier alpha value is -1.60. The molecule has 2 aromatic heterocycles. The zero-order chi connectivity index (χ0) is 15.0. The van der Waals surface area contributed by atoms with Gasteiger partial charge in [-0.15, -0.1) is 0 Å². The van der Waals surface area contributed by atoms with Crippen molar-refractivity contribution in [2.24, 2.45) is 0 Å². The fourth-order valence-corrected chi connectivity index (χ4v) is 3.07. The van der Waals surface area contributed by atoms with Gasteiger partial charge in [0, 0.05) is 0 Å². The highest BCUT2D eigenvalue weighted by Gasteiger charge is 2.34. The minimum Gasteiger partial charge on any atom is -0.340 e. The lowest BCUT2D eigenvalue weighted by Crippen LogP contribution is -2.48. The molecule has 1 saturated heterocycles. The van der Waals surface area contributed by atoms with Crippen molar-refractivity contribution in [2.45, 2.75) is 25.3 Å². The van der Waals surface area contributed by atoms with Crippen molar-refractivity contribution in [1.29, 1.82) is 0 Å². The number of imidazole rings is 1. The van der Waals surface area contributed by atoms with Crippen LogP contribution in [0.4, 0.5) is 0 Å². The third kappa shape index (κ3) is 2.51. The molecule has 0 aliphatic carbocycles. The molecule has 6 nitrogen and oxygen atoms in total. The molecule has 0 spiro atoms. The van der Waals surface area contributed by atoms with Gasteiger partial charge in [-0.25, -0.2) is 9.78 Å². The van der Waals surface area contributed by atoms with Crippen molar-refractivity contribution in [3.8, 4) is 0 Å². The average Bonchev–Trinajstić information content (AvgIpc) is 2.78. The van der Waals surface area contributed by atoms with E-state index in [1.807, 2.05) is 11.7 Å². The van der Waals surface area contributed by atoms with Crippen LogP contribution in [0.2, 0.25) is 5.15 Å². The lowest BCUT2D eigenvalue weighted by atomic mass is 9.83. The molecule has 1 radical (unpaired) electrons. The number of carbonyl (C=O) groups excluding carboxylic acids is 1. The SMILES string of the molecule is CC1(n2c(=O)[nH]c3ccc(Cl)nc32)CCN([B]C=O)CC1. The topological polar surface area (TPSA) is 71.0 Å². The lowest BCUT2D eigenvalue weighted by Gasteiger charge is -2.39. The number of carbonyl (C=O) groups is 1. The van der Waals surface area contributed by atoms with Crippen LogP contribution in [-0.2, 0) is 10.3 Å². The summed E-state index contributed by atoms with van der Waals surface area (Å²) in [6, 6.07) is 3.43. The Bertz CT molecular complexity index is 733. The molecule has 0 amide bonds. The molecule has 0 aromatic carbocycles. The average molecular weight is 306 g/mol. The zero-order valence-electron chi connectivity index (χ0n) is 11.7. The van der Waals surface area contributed by atoms with Crippen molar-refractivity contribution in [3.05, 3.63) is 27.8 Å². The first-order valence-electron chi connectivity index (χ1n) is 6.84. The highest BCUT2D eigenvalue weighted by molar-refractivity contribution is 6.64. The first-order chi connectivity index (χ1) is 10.0. The minimum atomic E-state index is -0.333. The Morgan fingerprint density at radius 1 is 1.43 bits per heavy atom. The molecule has 21 heavy (non-hydrogen) atoms. The van der Waals surface area contributed by atoms with E-state index in [9.17, 15) is 9.59 Å². The number of pyridine rings is 1. The van der Waals surface area contributed by atoms with Gasteiger partial charge in [-0.1, -0.05) is 11.6 Å². The number of aromatic amines is 1. The van der Waals surface area contributed by atoms with E-state index >= 15 is 0 Å². The van der Waals surface area contributed by atoms with Crippen LogP contribution >= 0.6 is 11.6 Å². The molecular formula is C13H15BClN4O2. The molecule has 1 N–H and O–H groups in total. The van der Waals surface area contributed by atoms with Crippen LogP contribution in [0.3, 0.4) is 0 Å². The standard InChI is InChI=1S/C13H15BClN4O2/c1-13(4-6-18(7-5-13)14-8-20)19-11-9(16-12(19)21)2-3-10(15)17-11/h2-3,8H,4-7H2,1H3,(H,16,21). The Kier molecular flexibility index (Phi) is 3.63. The maximum absolute atomic E-state index is 12.3.